The molecule has 0 radical (unpaired) electrons. The van der Waals surface area contributed by atoms with Crippen molar-refractivity contribution < 1.29 is 0 Å². The third-order valence-corrected chi connectivity index (χ3v) is 23.7. The third-order valence-electron chi connectivity index (χ3n) is 23.7. The maximum atomic E-state index is 13.9. The molecule has 10 heterocycles. The van der Waals surface area contributed by atoms with E-state index in [2.05, 4.69) is 110 Å². The van der Waals surface area contributed by atoms with Crippen LogP contribution in [0.5, 0.6) is 0 Å². The van der Waals surface area contributed by atoms with Crippen LogP contribution in [-0.2, 0) is 0 Å². The fourth-order valence-corrected chi connectivity index (χ4v) is 18.7. The first kappa shape index (κ1) is 64.8. The molecule has 27 aromatic rings. The fourth-order valence-electron chi connectivity index (χ4n) is 18.7. The monoisotopic (exact) mass is 1490 g/mol. The Balaban J connectivity index is 0.0000000985. The molecule has 15 nitrogen and oxygen atoms in total. The van der Waals surface area contributed by atoms with E-state index in [9.17, 15) is 24.0 Å². The quantitative estimate of drug-likeness (QED) is 0.162. The molecule has 0 bridgehead atoms. The van der Waals surface area contributed by atoms with Gasteiger partial charge in [0.2, 0.25) is 0 Å². The van der Waals surface area contributed by atoms with E-state index in [-0.39, 0.29) is 27.8 Å². The minimum Gasteiger partial charge on any atom is -0.268 e. The van der Waals surface area contributed by atoms with Crippen LogP contribution in [0.1, 0.15) is 5.56 Å². The molecule has 0 aliphatic carbocycles. The van der Waals surface area contributed by atoms with Gasteiger partial charge in [0.15, 0.2) is 0 Å². The molecular formula is C101H56N10O5. The van der Waals surface area contributed by atoms with Gasteiger partial charge in [-0.2, -0.15) is 0 Å². The minimum atomic E-state index is -0.0738. The number of aryl methyl sites for hydroxylation is 1. The normalized spacial score (nSPS) is 12.2. The average molecular weight is 1490 g/mol. The molecule has 0 spiro atoms. The van der Waals surface area contributed by atoms with E-state index < -0.39 is 0 Å². The van der Waals surface area contributed by atoms with E-state index in [0.717, 1.165) is 180 Å². The Morgan fingerprint density at radius 1 is 0.190 bits per heavy atom. The van der Waals surface area contributed by atoms with Crippen LogP contribution in [0.15, 0.2) is 345 Å². The summed E-state index contributed by atoms with van der Waals surface area (Å²) < 4.78 is 8.68. The van der Waals surface area contributed by atoms with Gasteiger partial charge in [-0.15, -0.1) is 0 Å². The summed E-state index contributed by atoms with van der Waals surface area (Å²) >= 11 is 0. The molecule has 0 aliphatic heterocycles. The van der Waals surface area contributed by atoms with Crippen molar-refractivity contribution >= 4 is 202 Å². The molecule has 0 unspecified atom stereocenters. The van der Waals surface area contributed by atoms with Crippen molar-refractivity contribution in [2.24, 2.45) is 0 Å². The summed E-state index contributed by atoms with van der Waals surface area (Å²) in [6.07, 6.45) is 0. The van der Waals surface area contributed by atoms with Crippen LogP contribution in [0.2, 0.25) is 0 Å². The lowest BCUT2D eigenvalue weighted by Gasteiger charge is -2.15. The standard InChI is InChI=1S/2C36H18N4O2.C22H12N2O.C7H8/c41-35-25-10-6-8-22-19(15-17-24(32(22)25)34-38-28-12-2-4-14-30(28)40(34)35)20-16-18-26-31-21(20)7-5-9-23(31)33-37-27-11-1-3-13-29(27)39(33)36(26)42;41-35-25-9-5-7-21-19(15-17-23(31(21)25)33-37-27-11-1-3-13-29(27)39(33)35)20-16-18-24-32-22(20)8-6-10-26(32)36(42)40-30-14-4-2-12-28(30)38-34(24)40;25-22-17-10-4-8-13-7-3-9-16(20(13)17)21-23-18-11-14-5-1-2-6-15(14)12-19(18)24(21)22;1-7-5-3-2-4-6-7/h2*1-18H;1-12H;2-6H,1H3. The predicted molar refractivity (Wildman–Crippen MR) is 473 cm³/mol. The van der Waals surface area contributed by atoms with Gasteiger partial charge in [0, 0.05) is 80.8 Å². The summed E-state index contributed by atoms with van der Waals surface area (Å²) in [6, 6.07) is 106. The number of benzene rings is 17. The zero-order valence-corrected chi connectivity index (χ0v) is 61.6. The van der Waals surface area contributed by atoms with Crippen molar-refractivity contribution in [3.63, 3.8) is 0 Å². The van der Waals surface area contributed by atoms with E-state index in [1.54, 1.807) is 22.0 Å². The van der Waals surface area contributed by atoms with Crippen molar-refractivity contribution in [1.29, 1.82) is 0 Å². The van der Waals surface area contributed by atoms with Gasteiger partial charge in [-0.3, -0.25) is 46.0 Å². The third kappa shape index (κ3) is 9.06. The van der Waals surface area contributed by atoms with E-state index in [0.29, 0.717) is 44.1 Å². The second-order valence-corrected chi connectivity index (χ2v) is 29.9. The number of para-hydroxylation sites is 8. The van der Waals surface area contributed by atoms with Gasteiger partial charge in [-0.05, 0) is 176 Å². The van der Waals surface area contributed by atoms with Crippen LogP contribution < -0.4 is 27.8 Å². The zero-order valence-electron chi connectivity index (χ0n) is 61.6. The number of hydrogen-bond acceptors (Lipinski definition) is 10. The van der Waals surface area contributed by atoms with Gasteiger partial charge < -0.3 is 0 Å². The van der Waals surface area contributed by atoms with Crippen LogP contribution in [0.25, 0.3) is 224 Å². The molecule has 0 amide bonds. The lowest BCUT2D eigenvalue weighted by molar-refractivity contribution is 1.19. The SMILES string of the molecule is Cc1ccccc1.O=c1c2ccc(-c3ccc4c5c3cccc5c(=O)n3c5ccccc5nc43)c3cccc(c32)c2nc3ccccc3n12.O=c1c2cccc3c(-c4ccc5c6c4cccc6c(=O)n4c6ccccc6nc54)ccc(c32)c2nc3ccccc3n12.O=c1c2cccc3cccc(c32)c2nc3cc4ccccc4cc3n12. The highest BCUT2D eigenvalue weighted by Crippen LogP contribution is 2.45. The number of pyridine rings is 5. The summed E-state index contributed by atoms with van der Waals surface area (Å²) in [7, 11) is 0. The first-order chi connectivity index (χ1) is 57.1. The summed E-state index contributed by atoms with van der Waals surface area (Å²) in [5.41, 5.74) is 16.6. The Morgan fingerprint density at radius 3 is 0.802 bits per heavy atom. The van der Waals surface area contributed by atoms with E-state index in [4.69, 9.17) is 24.9 Å². The number of nitrogens with zero attached hydrogens (tertiary/aromatic N) is 10. The lowest BCUT2D eigenvalue weighted by atomic mass is 9.90. The van der Waals surface area contributed by atoms with Crippen LogP contribution in [0.3, 0.4) is 0 Å². The Labute approximate surface area is 652 Å². The predicted octanol–water partition coefficient (Wildman–Crippen LogP) is 21.1. The van der Waals surface area contributed by atoms with Crippen LogP contribution in [-0.4, -0.2) is 46.9 Å². The highest BCUT2D eigenvalue weighted by atomic mass is 16.1. The number of hydrogen-bond donors (Lipinski definition) is 0. The smallest absolute Gasteiger partial charge is 0.264 e. The summed E-state index contributed by atoms with van der Waals surface area (Å²) in [4.78, 5) is 93.0. The maximum absolute atomic E-state index is 13.9. The number of fused-ring (bicyclic) bond motifs is 21. The van der Waals surface area contributed by atoms with Crippen molar-refractivity contribution in [2.75, 3.05) is 0 Å². The number of rotatable bonds is 2. The van der Waals surface area contributed by atoms with Crippen LogP contribution >= 0.6 is 0 Å². The van der Waals surface area contributed by atoms with E-state index in [1.807, 2.05) is 218 Å². The van der Waals surface area contributed by atoms with Gasteiger partial charge in [0.1, 0.15) is 28.2 Å². The highest BCUT2D eigenvalue weighted by Gasteiger charge is 2.26. The van der Waals surface area contributed by atoms with Crippen molar-refractivity contribution in [2.45, 2.75) is 6.92 Å². The highest BCUT2D eigenvalue weighted by molar-refractivity contribution is 6.27. The zero-order chi connectivity index (χ0) is 77.0. The minimum absolute atomic E-state index is 0.00270. The Kier molecular flexibility index (Phi) is 13.5. The van der Waals surface area contributed by atoms with Gasteiger partial charge in [-0.1, -0.05) is 218 Å². The Bertz CT molecular complexity index is 8560. The molecule has 10 aromatic heterocycles. The van der Waals surface area contributed by atoms with Crippen LogP contribution in [0, 0.1) is 6.92 Å². The second-order valence-electron chi connectivity index (χ2n) is 29.9. The molecule has 0 N–H and O–H groups in total. The molecule has 0 saturated carbocycles. The Hall–Kier alpha value is -16.0. The first-order valence-electron chi connectivity index (χ1n) is 38.4. The van der Waals surface area contributed by atoms with Gasteiger partial charge in [-0.25, -0.2) is 24.9 Å². The van der Waals surface area contributed by atoms with Gasteiger partial charge >= 0.3 is 0 Å². The largest absolute Gasteiger partial charge is 0.268 e. The van der Waals surface area contributed by atoms with Crippen molar-refractivity contribution in [1.82, 2.24) is 46.9 Å². The topological polar surface area (TPSA) is 172 Å². The number of aromatic nitrogens is 10. The molecule has 0 saturated heterocycles. The average Bonchev–Trinajstić information content (AvgIpc) is 1.47. The molecule has 15 heteroatoms. The molecule has 0 fully saturated rings. The molecule has 116 heavy (non-hydrogen) atoms. The molecule has 27 rings (SSSR count). The molecule has 17 aromatic carbocycles. The van der Waals surface area contributed by atoms with Crippen LogP contribution in [0.4, 0.5) is 0 Å². The number of imidazole rings is 5. The van der Waals surface area contributed by atoms with E-state index in [1.165, 1.54) is 5.56 Å². The van der Waals surface area contributed by atoms with Crippen molar-refractivity contribution in [3.8, 4) is 22.3 Å². The fraction of sp³-hybridized carbons (Fsp3) is 0.00990. The summed E-state index contributed by atoms with van der Waals surface area (Å²) in [6.45, 7) is 2.08. The van der Waals surface area contributed by atoms with E-state index >= 15 is 0 Å². The molecule has 540 valence electrons. The molecule has 0 atom stereocenters. The lowest BCUT2D eigenvalue weighted by Crippen LogP contribution is -2.13. The van der Waals surface area contributed by atoms with Gasteiger partial charge in [0.25, 0.3) is 27.8 Å². The Morgan fingerprint density at radius 2 is 0.440 bits per heavy atom. The van der Waals surface area contributed by atoms with Crippen molar-refractivity contribution in [3.05, 3.63) is 379 Å². The summed E-state index contributed by atoms with van der Waals surface area (Å²) in [5.74, 6) is 0. The maximum Gasteiger partial charge on any atom is 0.264 e. The summed E-state index contributed by atoms with van der Waals surface area (Å²) in [5, 5.41) is 20.0. The molecule has 0 aliphatic rings. The second kappa shape index (κ2) is 24.3. The van der Waals surface area contributed by atoms with Gasteiger partial charge in [0.05, 0.1) is 55.2 Å². The molecular weight excluding hydrogens is 1430 g/mol. The first-order valence-corrected chi connectivity index (χ1v) is 38.4.